The van der Waals surface area contributed by atoms with Crippen molar-refractivity contribution in [3.8, 4) is 0 Å². The van der Waals surface area contributed by atoms with Crippen molar-refractivity contribution in [3.05, 3.63) is 59.2 Å². The third-order valence-electron chi connectivity index (χ3n) is 5.73. The van der Waals surface area contributed by atoms with E-state index in [-0.39, 0.29) is 12.0 Å². The Morgan fingerprint density at radius 1 is 1.14 bits per heavy atom. The Morgan fingerprint density at radius 3 is 2.55 bits per heavy atom. The van der Waals surface area contributed by atoms with Crippen molar-refractivity contribution in [3.63, 3.8) is 0 Å². The molecule has 2 aromatic rings. The summed E-state index contributed by atoms with van der Waals surface area (Å²) >= 11 is 0. The molecule has 29 heavy (non-hydrogen) atoms. The number of benzene rings is 2. The standard InChI is InChI=1S/C21H24F3N3.C2H6/c1-27-19-8-9-25-13-17(19)16-11-15(12-18(20(16)27)21(22,23)24)26-10-7-14-5-3-2-4-6-14;1-2/h2-6,11-12,17,19,25-26H,7-10,13H2,1H3;1-2H3/t17?,19-;/m0./s1. The Bertz CT molecular complexity index is 805. The van der Waals surface area contributed by atoms with Crippen molar-refractivity contribution in [2.75, 3.05) is 36.9 Å². The zero-order valence-corrected chi connectivity index (χ0v) is 17.3. The van der Waals surface area contributed by atoms with Crippen molar-refractivity contribution < 1.29 is 13.2 Å². The summed E-state index contributed by atoms with van der Waals surface area (Å²) in [5.74, 6) is 0.107. The van der Waals surface area contributed by atoms with E-state index in [1.165, 1.54) is 11.6 Å². The first-order chi connectivity index (χ1) is 13.9. The maximum Gasteiger partial charge on any atom is 0.418 e. The molecular weight excluding hydrogens is 375 g/mol. The maximum atomic E-state index is 13.8. The van der Waals surface area contributed by atoms with Crippen LogP contribution in [-0.2, 0) is 12.6 Å². The summed E-state index contributed by atoms with van der Waals surface area (Å²) in [6, 6.07) is 13.3. The van der Waals surface area contributed by atoms with E-state index in [1.807, 2.05) is 55.1 Å². The minimum atomic E-state index is -4.36. The summed E-state index contributed by atoms with van der Waals surface area (Å²) in [5, 5.41) is 6.54. The molecule has 6 heteroatoms. The van der Waals surface area contributed by atoms with Crippen LogP contribution in [0.3, 0.4) is 0 Å². The van der Waals surface area contributed by atoms with Crippen LogP contribution in [0, 0.1) is 0 Å². The normalized spacial score (nSPS) is 20.4. The van der Waals surface area contributed by atoms with Crippen LogP contribution in [0.15, 0.2) is 42.5 Å². The van der Waals surface area contributed by atoms with Crippen LogP contribution >= 0.6 is 0 Å². The highest BCUT2D eigenvalue weighted by Crippen LogP contribution is 2.49. The zero-order chi connectivity index (χ0) is 21.0. The molecule has 2 aliphatic rings. The minimum Gasteiger partial charge on any atom is -0.385 e. The fraction of sp³-hybridized carbons (Fsp3) is 0.478. The molecule has 0 bridgehead atoms. The van der Waals surface area contributed by atoms with Crippen LogP contribution in [0.2, 0.25) is 0 Å². The number of rotatable bonds is 4. The van der Waals surface area contributed by atoms with Crippen molar-refractivity contribution in [2.45, 2.75) is 44.8 Å². The number of nitrogens with zero attached hydrogens (tertiary/aromatic N) is 1. The Labute approximate surface area is 171 Å². The molecule has 1 fully saturated rings. The number of anilines is 2. The lowest BCUT2D eigenvalue weighted by Gasteiger charge is -2.31. The van der Waals surface area contributed by atoms with Gasteiger partial charge in [0.25, 0.3) is 0 Å². The number of piperidine rings is 1. The largest absolute Gasteiger partial charge is 0.418 e. The van der Waals surface area contributed by atoms with Crippen LogP contribution in [0.4, 0.5) is 24.5 Å². The first kappa shape index (κ1) is 21.5. The van der Waals surface area contributed by atoms with Gasteiger partial charge in [-0.2, -0.15) is 13.2 Å². The van der Waals surface area contributed by atoms with Gasteiger partial charge in [-0.1, -0.05) is 44.2 Å². The van der Waals surface area contributed by atoms with E-state index < -0.39 is 11.7 Å². The summed E-state index contributed by atoms with van der Waals surface area (Å²) in [6.45, 7) is 6.18. The van der Waals surface area contributed by atoms with Gasteiger partial charge in [-0.3, -0.25) is 0 Å². The molecule has 2 heterocycles. The summed E-state index contributed by atoms with van der Waals surface area (Å²) in [5.41, 5.74) is 2.36. The van der Waals surface area contributed by atoms with Gasteiger partial charge in [0.2, 0.25) is 0 Å². The van der Waals surface area contributed by atoms with E-state index in [0.717, 1.165) is 31.5 Å². The molecule has 0 aromatic heterocycles. The molecule has 1 saturated heterocycles. The number of halogens is 3. The predicted molar refractivity (Wildman–Crippen MR) is 114 cm³/mol. The summed E-state index contributed by atoms with van der Waals surface area (Å²) < 4.78 is 41.4. The molecule has 0 saturated carbocycles. The average molecular weight is 406 g/mol. The second-order valence-corrected chi connectivity index (χ2v) is 7.40. The van der Waals surface area contributed by atoms with Crippen LogP contribution in [-0.4, -0.2) is 32.7 Å². The first-order valence-electron chi connectivity index (χ1n) is 10.4. The maximum absolute atomic E-state index is 13.8. The molecule has 0 aliphatic carbocycles. The average Bonchev–Trinajstić information content (AvgIpc) is 3.02. The van der Waals surface area contributed by atoms with E-state index in [9.17, 15) is 13.2 Å². The molecule has 2 atom stereocenters. The van der Waals surface area contributed by atoms with Crippen LogP contribution in [0.25, 0.3) is 0 Å². The molecule has 158 valence electrons. The predicted octanol–water partition coefficient (Wildman–Crippen LogP) is 5.28. The quantitative estimate of drug-likeness (QED) is 0.725. The Balaban J connectivity index is 0.00000117. The zero-order valence-electron chi connectivity index (χ0n) is 17.3. The van der Waals surface area contributed by atoms with E-state index >= 15 is 0 Å². The second-order valence-electron chi connectivity index (χ2n) is 7.40. The molecule has 2 aromatic carbocycles. The van der Waals surface area contributed by atoms with Gasteiger partial charge in [0, 0.05) is 37.8 Å². The highest BCUT2D eigenvalue weighted by atomic mass is 19.4. The Kier molecular flexibility index (Phi) is 6.73. The van der Waals surface area contributed by atoms with Crippen molar-refractivity contribution in [2.24, 2.45) is 0 Å². The summed E-state index contributed by atoms with van der Waals surface area (Å²) in [6.07, 6.45) is -2.73. The summed E-state index contributed by atoms with van der Waals surface area (Å²) in [4.78, 5) is 1.84. The van der Waals surface area contributed by atoms with Gasteiger partial charge in [-0.25, -0.2) is 0 Å². The van der Waals surface area contributed by atoms with Gasteiger partial charge < -0.3 is 15.5 Å². The summed E-state index contributed by atoms with van der Waals surface area (Å²) in [7, 11) is 1.80. The van der Waals surface area contributed by atoms with E-state index in [2.05, 4.69) is 10.6 Å². The number of hydrogen-bond donors (Lipinski definition) is 2. The molecule has 4 rings (SSSR count). The molecule has 0 spiro atoms. The fourth-order valence-electron chi connectivity index (χ4n) is 4.44. The van der Waals surface area contributed by atoms with Crippen LogP contribution < -0.4 is 15.5 Å². The van der Waals surface area contributed by atoms with E-state index in [4.69, 9.17) is 0 Å². The molecule has 2 N–H and O–H groups in total. The smallest absolute Gasteiger partial charge is 0.385 e. The lowest BCUT2D eigenvalue weighted by atomic mass is 9.89. The SMILES string of the molecule is CC.CN1c2c(cc(NCCc3ccccc3)cc2C(F)(F)F)C2CNCC[C@@H]21. The minimum absolute atomic E-state index is 0.107. The van der Waals surface area contributed by atoms with Gasteiger partial charge in [-0.15, -0.1) is 0 Å². The molecule has 1 unspecified atom stereocenters. The molecular formula is C23H30F3N3. The molecule has 0 radical (unpaired) electrons. The monoisotopic (exact) mass is 405 g/mol. The Morgan fingerprint density at radius 2 is 1.86 bits per heavy atom. The van der Waals surface area contributed by atoms with Crippen LogP contribution in [0.5, 0.6) is 0 Å². The fourth-order valence-corrected chi connectivity index (χ4v) is 4.44. The third-order valence-corrected chi connectivity index (χ3v) is 5.73. The highest BCUT2D eigenvalue weighted by Gasteiger charge is 2.45. The van der Waals surface area contributed by atoms with Crippen molar-refractivity contribution >= 4 is 11.4 Å². The first-order valence-corrected chi connectivity index (χ1v) is 10.4. The van der Waals surface area contributed by atoms with Crippen LogP contribution in [0.1, 0.15) is 42.9 Å². The van der Waals surface area contributed by atoms with E-state index in [1.54, 1.807) is 7.05 Å². The molecule has 0 amide bonds. The van der Waals surface area contributed by atoms with Gasteiger partial charge in [-0.05, 0) is 42.6 Å². The van der Waals surface area contributed by atoms with Gasteiger partial charge in [0.05, 0.1) is 11.3 Å². The number of alkyl halides is 3. The van der Waals surface area contributed by atoms with Crippen molar-refractivity contribution in [1.29, 1.82) is 0 Å². The lowest BCUT2D eigenvalue weighted by molar-refractivity contribution is -0.137. The number of fused-ring (bicyclic) bond motifs is 3. The van der Waals surface area contributed by atoms with Gasteiger partial charge >= 0.3 is 6.18 Å². The number of nitrogens with one attached hydrogen (secondary N) is 2. The topological polar surface area (TPSA) is 27.3 Å². The highest BCUT2D eigenvalue weighted by molar-refractivity contribution is 5.72. The number of hydrogen-bond acceptors (Lipinski definition) is 3. The van der Waals surface area contributed by atoms with Gasteiger partial charge in [0.1, 0.15) is 0 Å². The number of likely N-dealkylation sites (N-methyl/N-ethyl adjacent to an activating group) is 1. The van der Waals surface area contributed by atoms with E-state index in [0.29, 0.717) is 17.9 Å². The second kappa shape index (κ2) is 9.08. The Hall–Kier alpha value is -2.21. The lowest BCUT2D eigenvalue weighted by Crippen LogP contribution is -2.42. The molecule has 3 nitrogen and oxygen atoms in total. The van der Waals surface area contributed by atoms with Crippen molar-refractivity contribution in [1.82, 2.24) is 5.32 Å². The van der Waals surface area contributed by atoms with Gasteiger partial charge in [0.15, 0.2) is 0 Å². The molecule has 2 aliphatic heterocycles. The third kappa shape index (κ3) is 4.53.